The summed E-state index contributed by atoms with van der Waals surface area (Å²) in [4.78, 5) is 0. The number of ether oxygens (including phenoxy) is 1. The van der Waals surface area contributed by atoms with Crippen molar-refractivity contribution in [3.63, 3.8) is 0 Å². The van der Waals surface area contributed by atoms with Crippen molar-refractivity contribution in [3.8, 4) is 0 Å². The lowest BCUT2D eigenvalue weighted by atomic mass is 10.3. The largest absolute Gasteiger partial charge is 0.379 e. The summed E-state index contributed by atoms with van der Waals surface area (Å²) in [7, 11) is 0. The van der Waals surface area contributed by atoms with E-state index in [0.717, 1.165) is 52.5 Å². The molecule has 0 aromatic carbocycles. The normalized spacial score (nSPS) is 24.0. The lowest BCUT2D eigenvalue weighted by Gasteiger charge is -2.10. The summed E-state index contributed by atoms with van der Waals surface area (Å²) in [5.74, 6) is 0. The zero-order valence-corrected chi connectivity index (χ0v) is 8.98. The van der Waals surface area contributed by atoms with Gasteiger partial charge in [-0.3, -0.25) is 0 Å². The van der Waals surface area contributed by atoms with E-state index in [-0.39, 0.29) is 0 Å². The summed E-state index contributed by atoms with van der Waals surface area (Å²) in [6, 6.07) is 0. The van der Waals surface area contributed by atoms with Gasteiger partial charge in [-0.2, -0.15) is 0 Å². The van der Waals surface area contributed by atoms with Crippen LogP contribution >= 0.6 is 0 Å². The van der Waals surface area contributed by atoms with Gasteiger partial charge < -0.3 is 20.7 Å². The summed E-state index contributed by atoms with van der Waals surface area (Å²) in [6.45, 7) is 8.02. The highest BCUT2D eigenvalue weighted by atomic mass is 16.5. The number of hydrogen-bond acceptors (Lipinski definition) is 4. The first-order chi connectivity index (χ1) is 7.00. The second-order valence-electron chi connectivity index (χ2n) is 3.57. The second-order valence-corrected chi connectivity index (χ2v) is 3.57. The molecule has 1 heterocycles. The standard InChI is InChI=1S/C10H23N3O/c1-3-11-4-2-6-13-8-10-14-9-7-12-5-1/h11-13H,1-10H2. The van der Waals surface area contributed by atoms with E-state index in [1.165, 1.54) is 12.8 Å². The fourth-order valence-electron chi connectivity index (χ4n) is 1.44. The van der Waals surface area contributed by atoms with Crippen molar-refractivity contribution in [2.45, 2.75) is 12.8 Å². The lowest BCUT2D eigenvalue weighted by molar-refractivity contribution is 0.137. The Kier molecular flexibility index (Phi) is 8.00. The molecule has 1 aliphatic heterocycles. The maximum absolute atomic E-state index is 5.44. The third-order valence-electron chi connectivity index (χ3n) is 2.26. The molecule has 1 rings (SSSR count). The van der Waals surface area contributed by atoms with Gasteiger partial charge in [-0.05, 0) is 39.0 Å². The molecule has 0 aromatic rings. The molecule has 0 amide bonds. The van der Waals surface area contributed by atoms with Gasteiger partial charge in [0.2, 0.25) is 0 Å². The van der Waals surface area contributed by atoms with Gasteiger partial charge in [0.25, 0.3) is 0 Å². The minimum atomic E-state index is 0.828. The summed E-state index contributed by atoms with van der Waals surface area (Å²) in [5, 5.41) is 10.1. The van der Waals surface area contributed by atoms with Crippen LogP contribution in [0.5, 0.6) is 0 Å². The first-order valence-electron chi connectivity index (χ1n) is 5.70. The molecule has 4 heteroatoms. The highest BCUT2D eigenvalue weighted by molar-refractivity contribution is 4.55. The van der Waals surface area contributed by atoms with E-state index in [9.17, 15) is 0 Å². The fourth-order valence-corrected chi connectivity index (χ4v) is 1.44. The third-order valence-corrected chi connectivity index (χ3v) is 2.26. The Balaban J connectivity index is 2.00. The molecule has 1 aliphatic rings. The van der Waals surface area contributed by atoms with Crippen LogP contribution in [0.25, 0.3) is 0 Å². The van der Waals surface area contributed by atoms with E-state index in [1.807, 2.05) is 0 Å². The fraction of sp³-hybridized carbons (Fsp3) is 1.00. The van der Waals surface area contributed by atoms with E-state index < -0.39 is 0 Å². The average molecular weight is 201 g/mol. The predicted octanol–water partition coefficient (Wildman–Crippen LogP) is -0.434. The Hall–Kier alpha value is -0.160. The molecule has 0 bridgehead atoms. The monoisotopic (exact) mass is 201 g/mol. The minimum absolute atomic E-state index is 0.828. The van der Waals surface area contributed by atoms with E-state index >= 15 is 0 Å². The van der Waals surface area contributed by atoms with Crippen molar-refractivity contribution in [1.82, 2.24) is 16.0 Å². The zero-order valence-electron chi connectivity index (χ0n) is 8.98. The third kappa shape index (κ3) is 7.26. The summed E-state index contributed by atoms with van der Waals surface area (Å²) >= 11 is 0. The Morgan fingerprint density at radius 1 is 0.571 bits per heavy atom. The zero-order chi connectivity index (χ0) is 9.90. The van der Waals surface area contributed by atoms with Gasteiger partial charge in [-0.25, -0.2) is 0 Å². The van der Waals surface area contributed by atoms with Crippen molar-refractivity contribution in [3.05, 3.63) is 0 Å². The lowest BCUT2D eigenvalue weighted by Crippen LogP contribution is -2.29. The van der Waals surface area contributed by atoms with Crippen molar-refractivity contribution in [2.75, 3.05) is 52.5 Å². The molecule has 0 saturated carbocycles. The van der Waals surface area contributed by atoms with Crippen molar-refractivity contribution in [1.29, 1.82) is 0 Å². The topological polar surface area (TPSA) is 45.3 Å². The molecule has 1 saturated heterocycles. The van der Waals surface area contributed by atoms with Gasteiger partial charge >= 0.3 is 0 Å². The van der Waals surface area contributed by atoms with Crippen LogP contribution in [-0.2, 0) is 4.74 Å². The molecule has 3 N–H and O–H groups in total. The van der Waals surface area contributed by atoms with Crippen molar-refractivity contribution in [2.24, 2.45) is 0 Å². The molecule has 0 unspecified atom stereocenters. The Morgan fingerprint density at radius 2 is 1.00 bits per heavy atom. The van der Waals surface area contributed by atoms with E-state index in [4.69, 9.17) is 4.74 Å². The van der Waals surface area contributed by atoms with Gasteiger partial charge in [-0.15, -0.1) is 0 Å². The second kappa shape index (κ2) is 9.40. The van der Waals surface area contributed by atoms with Crippen LogP contribution in [0, 0.1) is 0 Å². The maximum atomic E-state index is 5.44. The molecule has 0 aromatic heterocycles. The highest BCUT2D eigenvalue weighted by Crippen LogP contribution is 1.79. The molecule has 84 valence electrons. The van der Waals surface area contributed by atoms with Crippen LogP contribution in [0.4, 0.5) is 0 Å². The number of hydrogen-bond donors (Lipinski definition) is 3. The minimum Gasteiger partial charge on any atom is -0.379 e. The molecule has 0 radical (unpaired) electrons. The van der Waals surface area contributed by atoms with Crippen molar-refractivity contribution >= 4 is 0 Å². The van der Waals surface area contributed by atoms with E-state index in [0.29, 0.717) is 0 Å². The molecule has 0 atom stereocenters. The first kappa shape index (κ1) is 11.9. The van der Waals surface area contributed by atoms with Crippen molar-refractivity contribution < 1.29 is 4.74 Å². The van der Waals surface area contributed by atoms with Gasteiger partial charge in [0.15, 0.2) is 0 Å². The molecule has 0 spiro atoms. The quantitative estimate of drug-likeness (QED) is 0.497. The van der Waals surface area contributed by atoms with Crippen LogP contribution in [0.15, 0.2) is 0 Å². The Morgan fingerprint density at radius 3 is 1.50 bits per heavy atom. The van der Waals surface area contributed by atoms with Crippen LogP contribution in [0.3, 0.4) is 0 Å². The van der Waals surface area contributed by atoms with Crippen LogP contribution in [-0.4, -0.2) is 52.5 Å². The molecule has 1 fully saturated rings. The average Bonchev–Trinajstić information content (AvgIpc) is 2.22. The summed E-state index contributed by atoms with van der Waals surface area (Å²) < 4.78 is 5.44. The van der Waals surface area contributed by atoms with Crippen LogP contribution in [0.2, 0.25) is 0 Å². The Labute approximate surface area is 86.8 Å². The van der Waals surface area contributed by atoms with Gasteiger partial charge in [-0.1, -0.05) is 0 Å². The first-order valence-corrected chi connectivity index (χ1v) is 5.70. The molecular formula is C10H23N3O. The molecule has 4 nitrogen and oxygen atoms in total. The number of rotatable bonds is 0. The smallest absolute Gasteiger partial charge is 0.0591 e. The summed E-state index contributed by atoms with van der Waals surface area (Å²) in [6.07, 6.45) is 2.40. The Bertz CT molecular complexity index is 68.6. The van der Waals surface area contributed by atoms with E-state index in [1.54, 1.807) is 0 Å². The van der Waals surface area contributed by atoms with Crippen LogP contribution < -0.4 is 16.0 Å². The predicted molar refractivity (Wildman–Crippen MR) is 58.7 cm³/mol. The summed E-state index contributed by atoms with van der Waals surface area (Å²) in [5.41, 5.74) is 0. The molecular weight excluding hydrogens is 178 g/mol. The maximum Gasteiger partial charge on any atom is 0.0591 e. The SMILES string of the molecule is C1CNCCCNCCOCCNC1. The number of nitrogens with one attached hydrogen (secondary N) is 3. The molecule has 14 heavy (non-hydrogen) atoms. The van der Waals surface area contributed by atoms with Gasteiger partial charge in [0, 0.05) is 13.1 Å². The van der Waals surface area contributed by atoms with Gasteiger partial charge in [0.1, 0.15) is 0 Å². The van der Waals surface area contributed by atoms with E-state index in [2.05, 4.69) is 16.0 Å². The van der Waals surface area contributed by atoms with Gasteiger partial charge in [0.05, 0.1) is 13.2 Å². The molecule has 0 aliphatic carbocycles. The highest BCUT2D eigenvalue weighted by Gasteiger charge is 1.93. The van der Waals surface area contributed by atoms with Crippen LogP contribution in [0.1, 0.15) is 12.8 Å².